The van der Waals surface area contributed by atoms with Crippen LogP contribution in [-0.4, -0.2) is 29.9 Å². The summed E-state index contributed by atoms with van der Waals surface area (Å²) < 4.78 is 0. The third-order valence-electron chi connectivity index (χ3n) is 4.03. The van der Waals surface area contributed by atoms with Crippen molar-refractivity contribution in [2.45, 2.75) is 45.6 Å². The van der Waals surface area contributed by atoms with Crippen LogP contribution in [0.4, 0.5) is 5.69 Å². The van der Waals surface area contributed by atoms with E-state index in [1.807, 2.05) is 32.0 Å². The third kappa shape index (κ3) is 3.97. The number of rotatable bonds is 3. The van der Waals surface area contributed by atoms with Crippen LogP contribution >= 0.6 is 11.6 Å². The van der Waals surface area contributed by atoms with Crippen molar-refractivity contribution < 1.29 is 4.79 Å². The first-order chi connectivity index (χ1) is 9.58. The van der Waals surface area contributed by atoms with Crippen molar-refractivity contribution in [3.63, 3.8) is 0 Å². The molecule has 0 bridgehead atoms. The standard InChI is InChI=1S/C16H23ClN2O/c1-12-7-8-14(17)11-15(12)18-16(20)13(2)19-9-5-3-4-6-10-19/h7-8,11,13H,3-6,9-10H2,1-2H3,(H,18,20)/t13-/m0/s1. The molecule has 0 unspecified atom stereocenters. The quantitative estimate of drug-likeness (QED) is 0.918. The fourth-order valence-corrected chi connectivity index (χ4v) is 2.79. The topological polar surface area (TPSA) is 32.3 Å². The van der Waals surface area contributed by atoms with Crippen molar-refractivity contribution >= 4 is 23.2 Å². The van der Waals surface area contributed by atoms with E-state index in [-0.39, 0.29) is 11.9 Å². The smallest absolute Gasteiger partial charge is 0.241 e. The van der Waals surface area contributed by atoms with Crippen molar-refractivity contribution in [1.29, 1.82) is 0 Å². The molecule has 0 aromatic heterocycles. The highest BCUT2D eigenvalue weighted by molar-refractivity contribution is 6.31. The fraction of sp³-hybridized carbons (Fsp3) is 0.562. The third-order valence-corrected chi connectivity index (χ3v) is 4.26. The van der Waals surface area contributed by atoms with E-state index in [2.05, 4.69) is 10.2 Å². The number of nitrogens with one attached hydrogen (secondary N) is 1. The van der Waals surface area contributed by atoms with Gasteiger partial charge in [0.1, 0.15) is 0 Å². The van der Waals surface area contributed by atoms with Crippen LogP contribution in [-0.2, 0) is 4.79 Å². The minimum atomic E-state index is -0.0912. The predicted octanol–water partition coefficient (Wildman–Crippen LogP) is 3.85. The normalized spacial score (nSPS) is 18.4. The molecule has 1 aromatic rings. The Bertz CT molecular complexity index is 468. The van der Waals surface area contributed by atoms with Crippen molar-refractivity contribution in [2.24, 2.45) is 0 Å². The molecular weight excluding hydrogens is 272 g/mol. The van der Waals surface area contributed by atoms with Gasteiger partial charge in [-0.15, -0.1) is 0 Å². The van der Waals surface area contributed by atoms with Gasteiger partial charge in [-0.3, -0.25) is 9.69 Å². The minimum absolute atomic E-state index is 0.0530. The van der Waals surface area contributed by atoms with Gasteiger partial charge in [-0.05, 0) is 57.5 Å². The monoisotopic (exact) mass is 294 g/mol. The van der Waals surface area contributed by atoms with Gasteiger partial charge >= 0.3 is 0 Å². The minimum Gasteiger partial charge on any atom is -0.324 e. The number of halogens is 1. The molecule has 1 atom stereocenters. The Morgan fingerprint density at radius 3 is 2.55 bits per heavy atom. The SMILES string of the molecule is Cc1ccc(Cl)cc1NC(=O)[C@H](C)N1CCCCCC1. The molecule has 0 saturated carbocycles. The largest absolute Gasteiger partial charge is 0.324 e. The van der Waals surface area contributed by atoms with E-state index in [0.29, 0.717) is 5.02 Å². The van der Waals surface area contributed by atoms with Gasteiger partial charge in [-0.1, -0.05) is 30.5 Å². The molecule has 3 nitrogen and oxygen atoms in total. The molecule has 4 heteroatoms. The van der Waals surface area contributed by atoms with Crippen LogP contribution < -0.4 is 5.32 Å². The van der Waals surface area contributed by atoms with Crippen LogP contribution in [0.15, 0.2) is 18.2 Å². The number of benzene rings is 1. The van der Waals surface area contributed by atoms with Gasteiger partial charge < -0.3 is 5.32 Å². The van der Waals surface area contributed by atoms with Gasteiger partial charge in [-0.2, -0.15) is 0 Å². The Labute approximate surface area is 126 Å². The zero-order valence-electron chi connectivity index (χ0n) is 12.3. The van der Waals surface area contributed by atoms with Crippen molar-refractivity contribution in [3.8, 4) is 0 Å². The van der Waals surface area contributed by atoms with E-state index in [1.54, 1.807) is 0 Å². The zero-order valence-corrected chi connectivity index (χ0v) is 13.0. The molecule has 0 spiro atoms. The molecule has 1 heterocycles. The first-order valence-electron chi connectivity index (χ1n) is 7.39. The highest BCUT2D eigenvalue weighted by Gasteiger charge is 2.22. The molecule has 1 aliphatic heterocycles. The number of anilines is 1. The van der Waals surface area contributed by atoms with E-state index in [0.717, 1.165) is 24.3 Å². The van der Waals surface area contributed by atoms with Crippen molar-refractivity contribution in [1.82, 2.24) is 4.90 Å². The Kier molecular flexibility index (Phi) is 5.44. The molecule has 110 valence electrons. The van der Waals surface area contributed by atoms with Crippen LogP contribution in [0.5, 0.6) is 0 Å². The van der Waals surface area contributed by atoms with Crippen LogP contribution in [0.1, 0.15) is 38.2 Å². The summed E-state index contributed by atoms with van der Waals surface area (Å²) in [5.41, 5.74) is 1.84. The van der Waals surface area contributed by atoms with E-state index in [1.165, 1.54) is 25.7 Å². The number of carbonyl (C=O) groups is 1. The molecular formula is C16H23ClN2O. The number of amides is 1. The number of likely N-dealkylation sites (tertiary alicyclic amines) is 1. The maximum absolute atomic E-state index is 12.4. The van der Waals surface area contributed by atoms with E-state index < -0.39 is 0 Å². The summed E-state index contributed by atoms with van der Waals surface area (Å²) in [4.78, 5) is 14.7. The first-order valence-corrected chi connectivity index (χ1v) is 7.77. The summed E-state index contributed by atoms with van der Waals surface area (Å²) in [6.07, 6.45) is 4.93. The van der Waals surface area contributed by atoms with E-state index in [4.69, 9.17) is 11.6 Å². The molecule has 1 amide bonds. The Morgan fingerprint density at radius 1 is 1.25 bits per heavy atom. The van der Waals surface area contributed by atoms with Gasteiger partial charge in [0.2, 0.25) is 5.91 Å². The lowest BCUT2D eigenvalue weighted by Gasteiger charge is -2.26. The molecule has 1 aromatic carbocycles. The zero-order chi connectivity index (χ0) is 14.5. The molecule has 0 radical (unpaired) electrons. The summed E-state index contributed by atoms with van der Waals surface area (Å²) in [6.45, 7) is 6.00. The average molecular weight is 295 g/mol. The summed E-state index contributed by atoms with van der Waals surface area (Å²) in [7, 11) is 0. The molecule has 1 N–H and O–H groups in total. The maximum Gasteiger partial charge on any atom is 0.241 e. The van der Waals surface area contributed by atoms with Gasteiger partial charge in [0.25, 0.3) is 0 Å². The maximum atomic E-state index is 12.4. The van der Waals surface area contributed by atoms with Gasteiger partial charge in [-0.25, -0.2) is 0 Å². The number of hydrogen-bond acceptors (Lipinski definition) is 2. The second-order valence-corrected chi connectivity index (χ2v) is 6.01. The predicted molar refractivity (Wildman–Crippen MR) is 84.3 cm³/mol. The Morgan fingerprint density at radius 2 is 1.90 bits per heavy atom. The second-order valence-electron chi connectivity index (χ2n) is 5.57. The molecule has 2 rings (SSSR count). The molecule has 1 aliphatic rings. The van der Waals surface area contributed by atoms with Crippen LogP contribution in [0.25, 0.3) is 0 Å². The summed E-state index contributed by atoms with van der Waals surface area (Å²) in [5.74, 6) is 0.0530. The number of carbonyl (C=O) groups excluding carboxylic acids is 1. The van der Waals surface area contributed by atoms with Crippen molar-refractivity contribution in [2.75, 3.05) is 18.4 Å². The molecule has 1 fully saturated rings. The molecule has 1 saturated heterocycles. The van der Waals surface area contributed by atoms with E-state index in [9.17, 15) is 4.79 Å². The average Bonchev–Trinajstić information content (AvgIpc) is 2.71. The lowest BCUT2D eigenvalue weighted by Crippen LogP contribution is -2.42. The summed E-state index contributed by atoms with van der Waals surface area (Å²) >= 11 is 5.99. The van der Waals surface area contributed by atoms with Crippen molar-refractivity contribution in [3.05, 3.63) is 28.8 Å². The fourth-order valence-electron chi connectivity index (χ4n) is 2.61. The Hall–Kier alpha value is -1.06. The number of hydrogen-bond donors (Lipinski definition) is 1. The lowest BCUT2D eigenvalue weighted by atomic mass is 10.2. The molecule has 20 heavy (non-hydrogen) atoms. The van der Waals surface area contributed by atoms with Gasteiger partial charge in [0.15, 0.2) is 0 Å². The summed E-state index contributed by atoms with van der Waals surface area (Å²) in [5, 5.41) is 3.65. The van der Waals surface area contributed by atoms with Crippen LogP contribution in [0, 0.1) is 6.92 Å². The molecule has 0 aliphatic carbocycles. The number of aryl methyl sites for hydroxylation is 1. The lowest BCUT2D eigenvalue weighted by molar-refractivity contribution is -0.120. The van der Waals surface area contributed by atoms with E-state index >= 15 is 0 Å². The van der Waals surface area contributed by atoms with Crippen LogP contribution in [0.2, 0.25) is 5.02 Å². The highest BCUT2D eigenvalue weighted by atomic mass is 35.5. The van der Waals surface area contributed by atoms with Gasteiger partial charge in [0, 0.05) is 10.7 Å². The highest BCUT2D eigenvalue weighted by Crippen LogP contribution is 2.21. The van der Waals surface area contributed by atoms with Crippen LogP contribution in [0.3, 0.4) is 0 Å². The number of nitrogens with zero attached hydrogens (tertiary/aromatic N) is 1. The second kappa shape index (κ2) is 7.09. The Balaban J connectivity index is 2.01. The van der Waals surface area contributed by atoms with Gasteiger partial charge in [0.05, 0.1) is 6.04 Å². The summed E-state index contributed by atoms with van der Waals surface area (Å²) in [6, 6.07) is 5.48. The first kappa shape index (κ1) is 15.3.